The molecule has 0 aliphatic carbocycles. The summed E-state index contributed by atoms with van der Waals surface area (Å²) >= 11 is 3.15. The van der Waals surface area contributed by atoms with Crippen molar-refractivity contribution in [1.29, 1.82) is 0 Å². The minimum atomic E-state index is -0.310. The van der Waals surface area contributed by atoms with E-state index >= 15 is 0 Å². The third kappa shape index (κ3) is 3.43. The molecule has 1 aromatic heterocycles. The van der Waals surface area contributed by atoms with Crippen LogP contribution in [0.4, 0.5) is 21.7 Å². The van der Waals surface area contributed by atoms with Gasteiger partial charge >= 0.3 is 0 Å². The molecule has 1 aromatic carbocycles. The van der Waals surface area contributed by atoms with E-state index in [1.807, 2.05) is 0 Å². The average Bonchev–Trinajstić information content (AvgIpc) is 2.35. The van der Waals surface area contributed by atoms with Gasteiger partial charge in [0, 0.05) is 18.9 Å². The predicted octanol–water partition coefficient (Wildman–Crippen LogP) is 3.16. The normalized spacial score (nSPS) is 10.6. The fourth-order valence-electron chi connectivity index (χ4n) is 1.69. The maximum absolute atomic E-state index is 13.4. The molecule has 5 nitrogen and oxygen atoms in total. The molecule has 7 heteroatoms. The van der Waals surface area contributed by atoms with Crippen molar-refractivity contribution in [1.82, 2.24) is 9.97 Å². The maximum atomic E-state index is 13.4. The van der Waals surface area contributed by atoms with Crippen LogP contribution in [-0.4, -0.2) is 17.1 Å². The van der Waals surface area contributed by atoms with Crippen molar-refractivity contribution < 1.29 is 9.13 Å². The molecular weight excluding hydrogens is 327 g/mol. The second-order valence-electron chi connectivity index (χ2n) is 4.23. The van der Waals surface area contributed by atoms with Gasteiger partial charge in [-0.25, -0.2) is 14.4 Å². The highest BCUT2D eigenvalue weighted by atomic mass is 79.9. The van der Waals surface area contributed by atoms with Crippen LogP contribution in [0.15, 0.2) is 22.7 Å². The molecule has 0 atom stereocenters. The molecule has 0 spiro atoms. The second kappa shape index (κ2) is 6.15. The van der Waals surface area contributed by atoms with Crippen LogP contribution in [0.2, 0.25) is 0 Å². The second-order valence-corrected chi connectivity index (χ2v) is 5.09. The third-order valence-corrected chi connectivity index (χ3v) is 3.20. The first-order valence-electron chi connectivity index (χ1n) is 5.84. The Kier molecular flexibility index (Phi) is 4.51. The number of hydrogen-bond acceptors (Lipinski definition) is 5. The minimum absolute atomic E-state index is 0.270. The zero-order valence-electron chi connectivity index (χ0n) is 11.1. The molecule has 1 heterocycles. The molecule has 0 amide bonds. The van der Waals surface area contributed by atoms with Gasteiger partial charge in [0.05, 0.1) is 4.47 Å². The molecule has 2 rings (SSSR count). The molecule has 0 unspecified atom stereocenters. The van der Waals surface area contributed by atoms with E-state index in [2.05, 4.69) is 31.2 Å². The summed E-state index contributed by atoms with van der Waals surface area (Å²) in [5, 5.41) is 3.10. The molecule has 3 N–H and O–H groups in total. The van der Waals surface area contributed by atoms with Crippen LogP contribution in [0.5, 0.6) is 0 Å². The van der Waals surface area contributed by atoms with E-state index in [0.717, 1.165) is 11.3 Å². The Morgan fingerprint density at radius 2 is 2.10 bits per heavy atom. The quantitative estimate of drug-likeness (QED) is 0.894. The molecule has 0 bridgehead atoms. The number of rotatable bonds is 4. The Hall–Kier alpha value is -1.73. The highest BCUT2D eigenvalue weighted by Gasteiger charge is 2.08. The van der Waals surface area contributed by atoms with Gasteiger partial charge in [-0.2, -0.15) is 0 Å². The molecule has 0 aliphatic rings. The SMILES string of the molecule is COCc1nc(N)cc(Nc2cc(Br)c(F)cc2C)n1. The van der Waals surface area contributed by atoms with Gasteiger partial charge in [0.1, 0.15) is 24.1 Å². The number of halogens is 2. The summed E-state index contributed by atoms with van der Waals surface area (Å²) < 4.78 is 18.8. The van der Waals surface area contributed by atoms with Crippen molar-refractivity contribution in [3.05, 3.63) is 39.9 Å². The molecule has 0 radical (unpaired) electrons. The smallest absolute Gasteiger partial charge is 0.158 e. The lowest BCUT2D eigenvalue weighted by molar-refractivity contribution is 0.178. The number of benzene rings is 1. The van der Waals surface area contributed by atoms with Crippen molar-refractivity contribution in [2.24, 2.45) is 0 Å². The van der Waals surface area contributed by atoms with Gasteiger partial charge in [-0.05, 0) is 40.5 Å². The number of nitrogens with two attached hydrogens (primary N) is 1. The summed E-state index contributed by atoms with van der Waals surface area (Å²) in [6.45, 7) is 2.07. The van der Waals surface area contributed by atoms with E-state index in [1.54, 1.807) is 26.2 Å². The van der Waals surface area contributed by atoms with E-state index in [4.69, 9.17) is 10.5 Å². The molecule has 106 valence electrons. The van der Waals surface area contributed by atoms with Gasteiger partial charge in [0.2, 0.25) is 0 Å². The molecule has 20 heavy (non-hydrogen) atoms. The van der Waals surface area contributed by atoms with Crippen molar-refractivity contribution >= 4 is 33.3 Å². The zero-order valence-corrected chi connectivity index (χ0v) is 12.7. The van der Waals surface area contributed by atoms with Crippen molar-refractivity contribution in [2.45, 2.75) is 13.5 Å². The number of aromatic nitrogens is 2. The predicted molar refractivity (Wildman–Crippen MR) is 79.3 cm³/mol. The third-order valence-electron chi connectivity index (χ3n) is 2.60. The Bertz CT molecular complexity index is 636. The number of nitrogens with one attached hydrogen (secondary N) is 1. The first kappa shape index (κ1) is 14.7. The molecule has 0 saturated heterocycles. The first-order chi connectivity index (χ1) is 9.49. The standard InChI is InChI=1S/C13H14BrFN4O/c1-7-3-9(15)8(14)4-10(7)17-12-5-11(16)18-13(19-12)6-20-2/h3-5H,6H2,1-2H3,(H3,16,17,18,19). The Labute approximate surface area is 124 Å². The number of aryl methyl sites for hydroxylation is 1. The van der Waals surface area contributed by atoms with Crippen LogP contribution >= 0.6 is 15.9 Å². The molecule has 0 aliphatic heterocycles. The van der Waals surface area contributed by atoms with Crippen molar-refractivity contribution in [3.8, 4) is 0 Å². The van der Waals surface area contributed by atoms with Crippen LogP contribution in [0.1, 0.15) is 11.4 Å². The van der Waals surface area contributed by atoms with Crippen molar-refractivity contribution in [2.75, 3.05) is 18.2 Å². The number of methoxy groups -OCH3 is 1. The van der Waals surface area contributed by atoms with Crippen molar-refractivity contribution in [3.63, 3.8) is 0 Å². The summed E-state index contributed by atoms with van der Waals surface area (Å²) in [6, 6.07) is 4.70. The van der Waals surface area contributed by atoms with Crippen LogP contribution < -0.4 is 11.1 Å². The summed E-state index contributed by atoms with van der Waals surface area (Å²) in [6.07, 6.45) is 0. The fraction of sp³-hybridized carbons (Fsp3) is 0.231. The molecule has 0 saturated carbocycles. The summed E-state index contributed by atoms with van der Waals surface area (Å²) in [7, 11) is 1.56. The van der Waals surface area contributed by atoms with Crippen LogP contribution in [-0.2, 0) is 11.3 Å². The number of nitrogen functional groups attached to an aromatic ring is 1. The largest absolute Gasteiger partial charge is 0.384 e. The maximum Gasteiger partial charge on any atom is 0.158 e. The van der Waals surface area contributed by atoms with Gasteiger partial charge in [-0.15, -0.1) is 0 Å². The molecular formula is C13H14BrFN4O. The van der Waals surface area contributed by atoms with Crippen LogP contribution in [0.25, 0.3) is 0 Å². The van der Waals surface area contributed by atoms with E-state index < -0.39 is 0 Å². The lowest BCUT2D eigenvalue weighted by atomic mass is 10.2. The van der Waals surface area contributed by atoms with E-state index in [-0.39, 0.29) is 12.4 Å². The Morgan fingerprint density at radius 1 is 1.35 bits per heavy atom. The van der Waals surface area contributed by atoms with Gasteiger partial charge in [-0.1, -0.05) is 0 Å². The lowest BCUT2D eigenvalue weighted by Crippen LogP contribution is -2.05. The molecule has 0 fully saturated rings. The van der Waals surface area contributed by atoms with Crippen LogP contribution in [0, 0.1) is 12.7 Å². The summed E-state index contributed by atoms with van der Waals surface area (Å²) in [5.41, 5.74) is 7.22. The number of ether oxygens (including phenoxy) is 1. The molecule has 2 aromatic rings. The summed E-state index contributed by atoms with van der Waals surface area (Å²) in [4.78, 5) is 8.33. The van der Waals surface area contributed by atoms with Gasteiger partial charge in [0.25, 0.3) is 0 Å². The highest BCUT2D eigenvalue weighted by molar-refractivity contribution is 9.10. The van der Waals surface area contributed by atoms with Crippen LogP contribution in [0.3, 0.4) is 0 Å². The number of hydrogen-bond donors (Lipinski definition) is 2. The Balaban J connectivity index is 2.32. The topological polar surface area (TPSA) is 73.1 Å². The van der Waals surface area contributed by atoms with Gasteiger partial charge in [0.15, 0.2) is 5.82 Å². The Morgan fingerprint density at radius 3 is 2.80 bits per heavy atom. The monoisotopic (exact) mass is 340 g/mol. The van der Waals surface area contributed by atoms with E-state index in [0.29, 0.717) is 21.9 Å². The van der Waals surface area contributed by atoms with Gasteiger partial charge in [-0.3, -0.25) is 0 Å². The lowest BCUT2D eigenvalue weighted by Gasteiger charge is -2.11. The average molecular weight is 341 g/mol. The van der Waals surface area contributed by atoms with E-state index in [1.165, 1.54) is 6.07 Å². The zero-order chi connectivity index (χ0) is 14.7. The number of nitrogens with zero attached hydrogens (tertiary/aromatic N) is 2. The minimum Gasteiger partial charge on any atom is -0.384 e. The first-order valence-corrected chi connectivity index (χ1v) is 6.64. The summed E-state index contributed by atoms with van der Waals surface area (Å²) in [5.74, 6) is 1.05. The van der Waals surface area contributed by atoms with E-state index in [9.17, 15) is 4.39 Å². The number of anilines is 3. The van der Waals surface area contributed by atoms with Gasteiger partial charge < -0.3 is 15.8 Å². The highest BCUT2D eigenvalue weighted by Crippen LogP contribution is 2.26. The fourth-order valence-corrected chi connectivity index (χ4v) is 2.04.